The summed E-state index contributed by atoms with van der Waals surface area (Å²) in [5.74, 6) is 2.08. The number of hydrogen-bond acceptors (Lipinski definition) is 3. The van der Waals surface area contributed by atoms with E-state index in [9.17, 15) is 17.8 Å². The number of carbonyl (C=O) groups excluding carboxylic acids is 1. The zero-order valence-corrected chi connectivity index (χ0v) is 15.4. The average Bonchev–Trinajstić information content (AvgIpc) is 2.81. The first-order valence-corrected chi connectivity index (χ1v) is 10.9. The van der Waals surface area contributed by atoms with Crippen molar-refractivity contribution in [1.82, 2.24) is 0 Å². The smallest absolute Gasteiger partial charge is 0.268 e. The predicted octanol–water partition coefficient (Wildman–Crippen LogP) is 3.77. The molecule has 4 unspecified atom stereocenters. The highest BCUT2D eigenvalue weighted by molar-refractivity contribution is 7.86. The molecule has 6 atom stereocenters. The Bertz CT molecular complexity index is 709. The van der Waals surface area contributed by atoms with E-state index in [0.717, 1.165) is 38.5 Å². The van der Waals surface area contributed by atoms with Gasteiger partial charge in [-0.2, -0.15) is 8.42 Å². The van der Waals surface area contributed by atoms with Crippen molar-refractivity contribution in [2.45, 2.75) is 70.5 Å². The zero-order valence-electron chi connectivity index (χ0n) is 14.6. The van der Waals surface area contributed by atoms with Crippen molar-refractivity contribution in [3.8, 4) is 0 Å². The standard InChI is InChI=1S/C19H28O4S/c1-18-9-7-13(24(21,22)23)11-12(18)3-4-14-15-5-6-17(20)19(15,2)10-8-16(14)18/h3,13-16H,4-11H2,1-2H3,(H,21,22,23)/t13?,14?,15?,16?,18-,19-/m0/s1. The number of hydrogen-bond donors (Lipinski definition) is 1. The van der Waals surface area contributed by atoms with Gasteiger partial charge in [-0.25, -0.2) is 0 Å². The minimum Gasteiger partial charge on any atom is -0.299 e. The topological polar surface area (TPSA) is 71.4 Å². The largest absolute Gasteiger partial charge is 0.299 e. The molecule has 0 aliphatic heterocycles. The molecular weight excluding hydrogens is 324 g/mol. The average molecular weight is 352 g/mol. The van der Waals surface area contributed by atoms with Crippen molar-refractivity contribution in [3.05, 3.63) is 11.6 Å². The van der Waals surface area contributed by atoms with Gasteiger partial charge in [0.1, 0.15) is 5.78 Å². The summed E-state index contributed by atoms with van der Waals surface area (Å²) in [5, 5.41) is -0.629. The molecule has 0 aromatic rings. The monoisotopic (exact) mass is 352 g/mol. The lowest BCUT2D eigenvalue weighted by molar-refractivity contribution is -0.131. The molecule has 134 valence electrons. The molecule has 5 heteroatoms. The van der Waals surface area contributed by atoms with Gasteiger partial charge in [-0.05, 0) is 68.1 Å². The maximum absolute atomic E-state index is 12.4. The molecule has 0 saturated heterocycles. The normalized spacial score (nSPS) is 48.3. The summed E-state index contributed by atoms with van der Waals surface area (Å²) in [6, 6.07) is 0. The van der Waals surface area contributed by atoms with Gasteiger partial charge in [0.05, 0.1) is 5.25 Å². The molecule has 24 heavy (non-hydrogen) atoms. The van der Waals surface area contributed by atoms with Gasteiger partial charge in [-0.3, -0.25) is 9.35 Å². The van der Waals surface area contributed by atoms with Crippen LogP contribution >= 0.6 is 0 Å². The minimum atomic E-state index is -3.95. The summed E-state index contributed by atoms with van der Waals surface area (Å²) in [4.78, 5) is 12.4. The van der Waals surface area contributed by atoms with Crippen LogP contribution < -0.4 is 0 Å². The van der Waals surface area contributed by atoms with E-state index in [2.05, 4.69) is 19.9 Å². The molecule has 0 spiro atoms. The van der Waals surface area contributed by atoms with Gasteiger partial charge in [-0.15, -0.1) is 0 Å². The fourth-order valence-corrected chi connectivity index (χ4v) is 7.46. The maximum atomic E-state index is 12.4. The van der Waals surface area contributed by atoms with Gasteiger partial charge < -0.3 is 0 Å². The highest BCUT2D eigenvalue weighted by Crippen LogP contribution is 2.64. The maximum Gasteiger partial charge on any atom is 0.268 e. The summed E-state index contributed by atoms with van der Waals surface area (Å²) in [6.07, 6.45) is 8.94. The van der Waals surface area contributed by atoms with Crippen LogP contribution in [0.3, 0.4) is 0 Å². The quantitative estimate of drug-likeness (QED) is 0.576. The number of allylic oxidation sites excluding steroid dienone is 2. The highest BCUT2D eigenvalue weighted by Gasteiger charge is 2.58. The highest BCUT2D eigenvalue weighted by atomic mass is 32.2. The van der Waals surface area contributed by atoms with E-state index in [1.807, 2.05) is 0 Å². The second-order valence-corrected chi connectivity index (χ2v) is 10.8. The van der Waals surface area contributed by atoms with E-state index in [1.165, 1.54) is 5.57 Å². The third-order valence-electron chi connectivity index (χ3n) is 8.19. The molecule has 4 aliphatic rings. The Balaban J connectivity index is 1.66. The molecule has 0 radical (unpaired) electrons. The Kier molecular flexibility index (Phi) is 3.61. The number of ketones is 1. The molecule has 0 heterocycles. The van der Waals surface area contributed by atoms with Crippen LogP contribution in [0.5, 0.6) is 0 Å². The van der Waals surface area contributed by atoms with Crippen molar-refractivity contribution in [3.63, 3.8) is 0 Å². The van der Waals surface area contributed by atoms with Crippen molar-refractivity contribution < 1.29 is 17.8 Å². The lowest BCUT2D eigenvalue weighted by Gasteiger charge is -2.56. The zero-order chi connectivity index (χ0) is 17.3. The minimum absolute atomic E-state index is 0.0527. The van der Waals surface area contributed by atoms with Gasteiger partial charge in [0.25, 0.3) is 10.1 Å². The summed E-state index contributed by atoms with van der Waals surface area (Å²) in [6.45, 7) is 4.48. The van der Waals surface area contributed by atoms with Gasteiger partial charge in [0.2, 0.25) is 0 Å². The third-order valence-corrected chi connectivity index (χ3v) is 9.43. The van der Waals surface area contributed by atoms with E-state index in [1.54, 1.807) is 0 Å². The Morgan fingerprint density at radius 2 is 1.75 bits per heavy atom. The molecule has 4 rings (SSSR count). The first-order chi connectivity index (χ1) is 11.2. The molecule has 3 fully saturated rings. The molecular formula is C19H28O4S. The molecule has 1 N–H and O–H groups in total. The molecule has 3 saturated carbocycles. The lowest BCUT2D eigenvalue weighted by atomic mass is 9.48. The second kappa shape index (κ2) is 5.16. The Morgan fingerprint density at radius 3 is 2.46 bits per heavy atom. The van der Waals surface area contributed by atoms with Crippen molar-refractivity contribution >= 4 is 15.9 Å². The van der Waals surface area contributed by atoms with Crippen LogP contribution in [0.4, 0.5) is 0 Å². The molecule has 4 nitrogen and oxygen atoms in total. The van der Waals surface area contributed by atoms with E-state index >= 15 is 0 Å². The predicted molar refractivity (Wildman–Crippen MR) is 92.0 cm³/mol. The van der Waals surface area contributed by atoms with Crippen molar-refractivity contribution in [2.75, 3.05) is 0 Å². The molecule has 0 bridgehead atoms. The van der Waals surface area contributed by atoms with Crippen LogP contribution in [-0.2, 0) is 14.9 Å². The van der Waals surface area contributed by atoms with E-state index in [-0.39, 0.29) is 10.8 Å². The Morgan fingerprint density at radius 1 is 1.08 bits per heavy atom. The lowest BCUT2D eigenvalue weighted by Crippen LogP contribution is -2.50. The first kappa shape index (κ1) is 16.8. The SMILES string of the molecule is C[C@]12CCC(S(=O)(=O)O)CC1=CCC1C2CC[C@]2(C)C(=O)CCC12. The Labute approximate surface area is 144 Å². The van der Waals surface area contributed by atoms with Crippen LogP contribution in [0.2, 0.25) is 0 Å². The van der Waals surface area contributed by atoms with Crippen LogP contribution in [0, 0.1) is 28.6 Å². The fourth-order valence-electron chi connectivity index (χ4n) is 6.65. The molecule has 0 aromatic heterocycles. The number of rotatable bonds is 1. The summed E-state index contributed by atoms with van der Waals surface area (Å²) >= 11 is 0. The molecule has 0 amide bonds. The van der Waals surface area contributed by atoms with Crippen LogP contribution in [0.15, 0.2) is 11.6 Å². The first-order valence-electron chi connectivity index (χ1n) is 9.35. The van der Waals surface area contributed by atoms with Gasteiger partial charge in [0.15, 0.2) is 0 Å². The van der Waals surface area contributed by atoms with E-state index in [4.69, 9.17) is 0 Å². The number of Topliss-reactive ketones (excluding diaryl/α,β-unsaturated/α-hetero) is 1. The Hall–Kier alpha value is -0.680. The molecule has 0 aromatic carbocycles. The summed E-state index contributed by atoms with van der Waals surface area (Å²) in [5.41, 5.74) is 1.18. The third kappa shape index (κ3) is 2.20. The van der Waals surface area contributed by atoms with Gasteiger partial charge >= 0.3 is 0 Å². The summed E-state index contributed by atoms with van der Waals surface area (Å²) in [7, 11) is -3.95. The second-order valence-electron chi connectivity index (χ2n) is 9.06. The van der Waals surface area contributed by atoms with E-state index in [0.29, 0.717) is 36.4 Å². The van der Waals surface area contributed by atoms with Crippen LogP contribution in [0.1, 0.15) is 65.2 Å². The van der Waals surface area contributed by atoms with Crippen LogP contribution in [-0.4, -0.2) is 24.0 Å². The summed E-state index contributed by atoms with van der Waals surface area (Å²) < 4.78 is 32.6. The van der Waals surface area contributed by atoms with Crippen molar-refractivity contribution in [1.29, 1.82) is 0 Å². The van der Waals surface area contributed by atoms with Crippen LogP contribution in [0.25, 0.3) is 0 Å². The number of fused-ring (bicyclic) bond motifs is 5. The van der Waals surface area contributed by atoms with E-state index < -0.39 is 15.4 Å². The van der Waals surface area contributed by atoms with Crippen molar-refractivity contribution in [2.24, 2.45) is 28.6 Å². The van der Waals surface area contributed by atoms with Gasteiger partial charge in [-0.1, -0.05) is 25.5 Å². The fraction of sp³-hybridized carbons (Fsp3) is 0.842. The number of carbonyl (C=O) groups is 1. The van der Waals surface area contributed by atoms with Gasteiger partial charge in [0, 0.05) is 11.8 Å². The molecule has 4 aliphatic carbocycles.